The first kappa shape index (κ1) is 9.81. The Morgan fingerprint density at radius 3 is 2.75 bits per heavy atom. The van der Waals surface area contributed by atoms with E-state index in [0.29, 0.717) is 11.5 Å². The summed E-state index contributed by atoms with van der Waals surface area (Å²) >= 11 is 3.40. The summed E-state index contributed by atoms with van der Waals surface area (Å²) in [4.78, 5) is 12.4. The minimum absolute atomic E-state index is 0.299. The van der Waals surface area contributed by atoms with E-state index in [0.717, 1.165) is 11.3 Å². The fourth-order valence-electron chi connectivity index (χ4n) is 1.02. The van der Waals surface area contributed by atoms with E-state index in [2.05, 4.69) is 0 Å². The van der Waals surface area contributed by atoms with Gasteiger partial charge in [-0.2, -0.15) is 0 Å². The number of Topliss-reactive ketones (excluding diaryl/α,β-unsaturated/α-hetero) is 1. The molecule has 0 saturated carbocycles. The van der Waals surface area contributed by atoms with Gasteiger partial charge in [0.15, 0.2) is 5.78 Å². The average molecular weight is 200 g/mol. The van der Waals surface area contributed by atoms with Crippen LogP contribution in [0.4, 0.5) is 0 Å². The molecule has 0 N–H and O–H groups in total. The predicted octanol–water partition coefficient (Wildman–Crippen LogP) is 3.20. The molecule has 0 spiro atoms. The molecule has 0 amide bonds. The Kier molecular flexibility index (Phi) is 3.82. The third-order valence-corrected chi connectivity index (χ3v) is 3.57. The van der Waals surface area contributed by atoms with Crippen molar-refractivity contribution in [3.63, 3.8) is 0 Å². The zero-order valence-electron chi connectivity index (χ0n) is 7.29. The van der Waals surface area contributed by atoms with Crippen molar-refractivity contribution in [2.75, 3.05) is 5.75 Å². The summed E-state index contributed by atoms with van der Waals surface area (Å²) in [5.41, 5.74) is 0.962. The van der Waals surface area contributed by atoms with Crippen molar-refractivity contribution in [3.05, 3.63) is 21.9 Å². The van der Waals surface area contributed by atoms with Crippen molar-refractivity contribution >= 4 is 28.9 Å². The fourth-order valence-corrected chi connectivity index (χ4v) is 3.00. The highest BCUT2D eigenvalue weighted by atomic mass is 32.2. The normalized spacial score (nSPS) is 14.7. The number of thiophene rings is 1. The van der Waals surface area contributed by atoms with Crippen LogP contribution in [0.15, 0.2) is 11.4 Å². The molecule has 0 aliphatic carbocycles. The lowest BCUT2D eigenvalue weighted by Gasteiger charge is -2.07. The van der Waals surface area contributed by atoms with Gasteiger partial charge >= 0.3 is 0 Å². The third kappa shape index (κ3) is 1.90. The van der Waals surface area contributed by atoms with Crippen LogP contribution in [0.2, 0.25) is 0 Å². The molecule has 0 fully saturated rings. The van der Waals surface area contributed by atoms with Gasteiger partial charge < -0.3 is 0 Å². The summed E-state index contributed by atoms with van der Waals surface area (Å²) < 4.78 is 0. The van der Waals surface area contributed by atoms with Crippen LogP contribution in [0.25, 0.3) is 0 Å². The maximum absolute atomic E-state index is 11.1. The lowest BCUT2D eigenvalue weighted by Crippen LogP contribution is -2.08. The standard InChI is InChI=1S/C7H6OS2.C2H6/c8-6-3-9-4-7-5(6)1-2-10-7;1-2/h1-2H,3-4H2;1-2H3. The van der Waals surface area contributed by atoms with Crippen LogP contribution in [-0.2, 0) is 5.75 Å². The summed E-state index contributed by atoms with van der Waals surface area (Å²) in [5.74, 6) is 2.00. The fraction of sp³-hybridized carbons (Fsp3) is 0.444. The number of rotatable bonds is 0. The Morgan fingerprint density at radius 1 is 1.33 bits per heavy atom. The minimum Gasteiger partial charge on any atom is -0.293 e. The van der Waals surface area contributed by atoms with Crippen LogP contribution in [0.5, 0.6) is 0 Å². The number of thioether (sulfide) groups is 1. The molecule has 0 atom stereocenters. The molecule has 2 heterocycles. The van der Waals surface area contributed by atoms with Gasteiger partial charge in [0, 0.05) is 16.2 Å². The molecule has 2 rings (SSSR count). The Bertz CT molecular complexity index is 265. The second kappa shape index (κ2) is 4.67. The van der Waals surface area contributed by atoms with E-state index in [1.54, 1.807) is 23.1 Å². The lowest BCUT2D eigenvalue weighted by molar-refractivity contribution is 0.102. The Labute approximate surface area is 81.2 Å². The van der Waals surface area contributed by atoms with Crippen LogP contribution in [0, 0.1) is 0 Å². The molecule has 1 aromatic heterocycles. The third-order valence-electron chi connectivity index (χ3n) is 1.51. The van der Waals surface area contributed by atoms with Gasteiger partial charge in [0.2, 0.25) is 0 Å². The van der Waals surface area contributed by atoms with E-state index in [1.807, 2.05) is 25.3 Å². The van der Waals surface area contributed by atoms with Crippen molar-refractivity contribution in [1.29, 1.82) is 0 Å². The van der Waals surface area contributed by atoms with Crippen LogP contribution >= 0.6 is 23.1 Å². The zero-order chi connectivity index (χ0) is 8.97. The molecule has 1 aliphatic rings. The predicted molar refractivity (Wildman–Crippen MR) is 56.2 cm³/mol. The molecule has 1 aliphatic heterocycles. The van der Waals surface area contributed by atoms with Gasteiger partial charge in [0.05, 0.1) is 5.75 Å². The number of carbonyl (C=O) groups excluding carboxylic acids is 1. The molecule has 0 unspecified atom stereocenters. The molecular formula is C9H12OS2. The molecule has 0 radical (unpaired) electrons. The highest BCUT2D eigenvalue weighted by Crippen LogP contribution is 2.28. The van der Waals surface area contributed by atoms with Crippen LogP contribution in [-0.4, -0.2) is 11.5 Å². The first-order valence-electron chi connectivity index (χ1n) is 4.05. The van der Waals surface area contributed by atoms with Gasteiger partial charge in [-0.15, -0.1) is 23.1 Å². The van der Waals surface area contributed by atoms with Gasteiger partial charge in [0.1, 0.15) is 0 Å². The summed E-state index contributed by atoms with van der Waals surface area (Å²) in [6.45, 7) is 4.00. The molecule has 66 valence electrons. The summed E-state index contributed by atoms with van der Waals surface area (Å²) in [5, 5.41) is 1.99. The quantitative estimate of drug-likeness (QED) is 0.639. The minimum atomic E-state index is 0.299. The SMILES string of the molecule is CC.O=C1CSCc2sccc21. The molecule has 0 saturated heterocycles. The monoisotopic (exact) mass is 200 g/mol. The van der Waals surface area contributed by atoms with Gasteiger partial charge in [-0.25, -0.2) is 0 Å². The number of hydrogen-bond donors (Lipinski definition) is 0. The zero-order valence-corrected chi connectivity index (χ0v) is 8.93. The van der Waals surface area contributed by atoms with E-state index < -0.39 is 0 Å². The molecule has 0 bridgehead atoms. The van der Waals surface area contributed by atoms with Crippen molar-refractivity contribution in [3.8, 4) is 0 Å². The summed E-state index contributed by atoms with van der Waals surface area (Å²) in [6.07, 6.45) is 0. The van der Waals surface area contributed by atoms with Gasteiger partial charge in [-0.1, -0.05) is 13.8 Å². The van der Waals surface area contributed by atoms with Crippen LogP contribution in [0.3, 0.4) is 0 Å². The van der Waals surface area contributed by atoms with Crippen LogP contribution in [0.1, 0.15) is 29.1 Å². The Hall–Kier alpha value is -0.280. The molecule has 12 heavy (non-hydrogen) atoms. The Balaban J connectivity index is 0.000000336. The number of ketones is 1. The highest BCUT2D eigenvalue weighted by molar-refractivity contribution is 7.99. The topological polar surface area (TPSA) is 17.1 Å². The van der Waals surface area contributed by atoms with E-state index in [4.69, 9.17) is 0 Å². The molecule has 1 nitrogen and oxygen atoms in total. The largest absolute Gasteiger partial charge is 0.293 e. The van der Waals surface area contributed by atoms with Gasteiger partial charge in [-0.05, 0) is 11.4 Å². The number of fused-ring (bicyclic) bond motifs is 1. The van der Waals surface area contributed by atoms with Gasteiger partial charge in [0.25, 0.3) is 0 Å². The molecular weight excluding hydrogens is 188 g/mol. The summed E-state index contributed by atoms with van der Waals surface area (Å²) in [7, 11) is 0. The average Bonchev–Trinajstić information content (AvgIpc) is 2.57. The van der Waals surface area contributed by atoms with E-state index in [9.17, 15) is 4.79 Å². The van der Waals surface area contributed by atoms with E-state index in [-0.39, 0.29) is 0 Å². The highest BCUT2D eigenvalue weighted by Gasteiger charge is 2.17. The maximum Gasteiger partial charge on any atom is 0.173 e. The molecule has 3 heteroatoms. The maximum atomic E-state index is 11.1. The Morgan fingerprint density at radius 2 is 2.08 bits per heavy atom. The van der Waals surface area contributed by atoms with Crippen molar-refractivity contribution in [2.45, 2.75) is 19.6 Å². The number of hydrogen-bond acceptors (Lipinski definition) is 3. The van der Waals surface area contributed by atoms with E-state index >= 15 is 0 Å². The first-order chi connectivity index (χ1) is 5.88. The van der Waals surface area contributed by atoms with E-state index in [1.165, 1.54) is 4.88 Å². The van der Waals surface area contributed by atoms with Crippen LogP contribution < -0.4 is 0 Å². The van der Waals surface area contributed by atoms with Crippen molar-refractivity contribution in [1.82, 2.24) is 0 Å². The second-order valence-electron chi connectivity index (χ2n) is 2.17. The molecule has 0 aromatic carbocycles. The molecule has 1 aromatic rings. The second-order valence-corrected chi connectivity index (χ2v) is 4.16. The van der Waals surface area contributed by atoms with Crippen molar-refractivity contribution < 1.29 is 4.79 Å². The number of carbonyl (C=O) groups is 1. The van der Waals surface area contributed by atoms with Gasteiger partial charge in [-0.3, -0.25) is 4.79 Å². The first-order valence-corrected chi connectivity index (χ1v) is 6.08. The summed E-state index contributed by atoms with van der Waals surface area (Å²) in [6, 6.07) is 1.93. The van der Waals surface area contributed by atoms with Crippen molar-refractivity contribution in [2.24, 2.45) is 0 Å². The lowest BCUT2D eigenvalue weighted by atomic mass is 10.2. The smallest absolute Gasteiger partial charge is 0.173 e.